The molecule has 1 heterocycles. The first-order chi connectivity index (χ1) is 13.1. The number of carbonyl (C=O) groups is 1. The zero-order chi connectivity index (χ0) is 20.5. The molecule has 0 spiro atoms. The topological polar surface area (TPSA) is 32.3 Å². The number of hydrogen-bond acceptors (Lipinski definition) is 1. The largest absolute Gasteiger partial charge is 0.419 e. The number of hydrogen-bond donors (Lipinski definition) is 1. The molecule has 1 aliphatic heterocycles. The van der Waals surface area contributed by atoms with Gasteiger partial charge in [-0.2, -0.15) is 13.2 Å². The maximum absolute atomic E-state index is 13.5. The summed E-state index contributed by atoms with van der Waals surface area (Å²) in [4.78, 5) is 14.4. The normalized spacial score (nSPS) is 19.7. The van der Waals surface area contributed by atoms with E-state index in [0.717, 1.165) is 18.6 Å². The molecule has 1 atom stereocenters. The fourth-order valence-electron chi connectivity index (χ4n) is 3.65. The third-order valence-corrected chi connectivity index (χ3v) is 5.23. The van der Waals surface area contributed by atoms with Crippen LogP contribution < -0.4 is 5.32 Å². The van der Waals surface area contributed by atoms with Crippen LogP contribution in [0.25, 0.3) is 0 Å². The fourth-order valence-corrected chi connectivity index (χ4v) is 3.84. The van der Waals surface area contributed by atoms with Crippen molar-refractivity contribution < 1.29 is 22.4 Å². The van der Waals surface area contributed by atoms with Crippen molar-refractivity contribution in [1.82, 2.24) is 4.90 Å². The summed E-state index contributed by atoms with van der Waals surface area (Å²) in [5, 5.41) is 3.25. The second-order valence-electron chi connectivity index (χ2n) is 7.18. The van der Waals surface area contributed by atoms with Crippen molar-refractivity contribution >= 4 is 23.3 Å². The van der Waals surface area contributed by atoms with Gasteiger partial charge in [0.2, 0.25) is 0 Å². The summed E-state index contributed by atoms with van der Waals surface area (Å²) < 4.78 is 52.5. The Balaban J connectivity index is 1.80. The highest BCUT2D eigenvalue weighted by Gasteiger charge is 2.41. The third-order valence-electron chi connectivity index (χ3n) is 4.99. The predicted molar refractivity (Wildman–Crippen MR) is 99.9 cm³/mol. The number of alkyl halides is 3. The van der Waals surface area contributed by atoms with Crippen LogP contribution in [0, 0.1) is 5.82 Å². The Morgan fingerprint density at radius 2 is 2.00 bits per heavy atom. The monoisotopic (exact) mass is 414 g/mol. The highest BCUT2D eigenvalue weighted by Crippen LogP contribution is 2.36. The van der Waals surface area contributed by atoms with E-state index in [0.29, 0.717) is 29.2 Å². The van der Waals surface area contributed by atoms with Crippen LogP contribution in [0.5, 0.6) is 0 Å². The van der Waals surface area contributed by atoms with Crippen molar-refractivity contribution in [2.24, 2.45) is 0 Å². The van der Waals surface area contributed by atoms with Gasteiger partial charge in [-0.3, -0.25) is 0 Å². The van der Waals surface area contributed by atoms with E-state index < -0.39 is 23.1 Å². The molecule has 28 heavy (non-hydrogen) atoms. The van der Waals surface area contributed by atoms with Crippen LogP contribution in [0.2, 0.25) is 5.02 Å². The van der Waals surface area contributed by atoms with Crippen molar-refractivity contribution in [2.45, 2.75) is 37.9 Å². The zero-order valence-electron chi connectivity index (χ0n) is 15.1. The van der Waals surface area contributed by atoms with Crippen LogP contribution in [0.3, 0.4) is 0 Å². The number of nitrogens with one attached hydrogen (secondary N) is 1. The molecular weight excluding hydrogens is 396 g/mol. The summed E-state index contributed by atoms with van der Waals surface area (Å²) in [6, 6.07) is 9.35. The molecule has 1 aliphatic rings. The van der Waals surface area contributed by atoms with Crippen molar-refractivity contribution in [2.75, 3.05) is 11.9 Å². The smallest absolute Gasteiger partial charge is 0.319 e. The van der Waals surface area contributed by atoms with Gasteiger partial charge in [-0.25, -0.2) is 9.18 Å². The van der Waals surface area contributed by atoms with Crippen LogP contribution in [0.1, 0.15) is 30.9 Å². The number of halogens is 5. The number of benzene rings is 2. The first-order valence-corrected chi connectivity index (χ1v) is 9.16. The zero-order valence-corrected chi connectivity index (χ0v) is 15.9. The Kier molecular flexibility index (Phi) is 5.57. The molecule has 1 saturated heterocycles. The quantitative estimate of drug-likeness (QED) is 0.602. The second kappa shape index (κ2) is 7.62. The maximum Gasteiger partial charge on any atom is 0.419 e. The number of carbonyl (C=O) groups excluding carboxylic acids is 1. The van der Waals surface area contributed by atoms with Gasteiger partial charge in [0.1, 0.15) is 5.82 Å². The molecule has 8 heteroatoms. The van der Waals surface area contributed by atoms with Gasteiger partial charge in [0, 0.05) is 22.8 Å². The minimum Gasteiger partial charge on any atom is -0.319 e. The Bertz CT molecular complexity index is 887. The van der Waals surface area contributed by atoms with E-state index in [1.807, 2.05) is 6.92 Å². The number of rotatable bonds is 3. The standard InChI is InChI=1S/C20H19ClF4N2O/c1-19(12-13-6-7-17(22)16(10-13)20(23,24)25)8-3-9-27(19)18(28)26-15-5-2-4-14(21)11-15/h2,4-7,10-11H,3,8-9,12H2,1H3,(H,26,28). The lowest BCUT2D eigenvalue weighted by atomic mass is 9.89. The Morgan fingerprint density at radius 3 is 2.68 bits per heavy atom. The van der Waals surface area contributed by atoms with Gasteiger partial charge in [-0.1, -0.05) is 23.7 Å². The van der Waals surface area contributed by atoms with Crippen molar-refractivity contribution in [3.63, 3.8) is 0 Å². The number of anilines is 1. The van der Waals surface area contributed by atoms with E-state index in [-0.39, 0.29) is 12.5 Å². The summed E-state index contributed by atoms with van der Waals surface area (Å²) in [6.45, 7) is 2.31. The lowest BCUT2D eigenvalue weighted by Gasteiger charge is -2.35. The number of likely N-dealkylation sites (tertiary alicyclic amines) is 1. The molecule has 1 fully saturated rings. The van der Waals surface area contributed by atoms with E-state index >= 15 is 0 Å². The van der Waals surface area contributed by atoms with Crippen LogP contribution in [0.15, 0.2) is 42.5 Å². The summed E-state index contributed by atoms with van der Waals surface area (Å²) in [7, 11) is 0. The first-order valence-electron chi connectivity index (χ1n) is 8.78. The summed E-state index contributed by atoms with van der Waals surface area (Å²) in [5.74, 6) is -1.30. The number of urea groups is 1. The minimum atomic E-state index is -4.76. The molecular formula is C20H19ClF4N2O. The fraction of sp³-hybridized carbons (Fsp3) is 0.350. The van der Waals surface area contributed by atoms with E-state index in [2.05, 4.69) is 5.32 Å². The Morgan fingerprint density at radius 1 is 1.25 bits per heavy atom. The third kappa shape index (κ3) is 4.41. The summed E-state index contributed by atoms with van der Waals surface area (Å²) >= 11 is 5.93. The lowest BCUT2D eigenvalue weighted by molar-refractivity contribution is -0.140. The molecule has 1 unspecified atom stereocenters. The maximum atomic E-state index is 13.5. The number of amides is 2. The van der Waals surface area contributed by atoms with Gasteiger partial charge in [0.15, 0.2) is 0 Å². The van der Waals surface area contributed by atoms with Crippen molar-refractivity contribution in [3.8, 4) is 0 Å². The second-order valence-corrected chi connectivity index (χ2v) is 7.62. The van der Waals surface area contributed by atoms with Crippen molar-refractivity contribution in [1.29, 1.82) is 0 Å². The van der Waals surface area contributed by atoms with Gasteiger partial charge in [0.05, 0.1) is 5.56 Å². The summed E-state index contributed by atoms with van der Waals surface area (Å²) in [5.41, 5.74) is -1.10. The molecule has 2 amide bonds. The van der Waals surface area contributed by atoms with Crippen molar-refractivity contribution in [3.05, 3.63) is 64.4 Å². The molecule has 0 radical (unpaired) electrons. The molecule has 2 aromatic carbocycles. The van der Waals surface area contributed by atoms with E-state index in [1.165, 1.54) is 6.07 Å². The highest BCUT2D eigenvalue weighted by atomic mass is 35.5. The Hall–Kier alpha value is -2.28. The van der Waals surface area contributed by atoms with E-state index in [9.17, 15) is 22.4 Å². The van der Waals surface area contributed by atoms with Crippen LogP contribution in [-0.4, -0.2) is 23.0 Å². The highest BCUT2D eigenvalue weighted by molar-refractivity contribution is 6.30. The first kappa shape index (κ1) is 20.5. The molecule has 3 rings (SSSR count). The molecule has 0 aromatic heterocycles. The van der Waals surface area contributed by atoms with Crippen LogP contribution in [0.4, 0.5) is 28.0 Å². The Labute approximate surface area is 165 Å². The van der Waals surface area contributed by atoms with Crippen LogP contribution in [-0.2, 0) is 12.6 Å². The summed E-state index contributed by atoms with van der Waals surface area (Å²) in [6.07, 6.45) is -3.21. The SMILES string of the molecule is CC1(Cc2ccc(F)c(C(F)(F)F)c2)CCCN1C(=O)Nc1cccc(Cl)c1. The average Bonchev–Trinajstić information content (AvgIpc) is 2.97. The van der Waals surface area contributed by atoms with Gasteiger partial charge in [0.25, 0.3) is 0 Å². The predicted octanol–water partition coefficient (Wildman–Crippen LogP) is 6.13. The van der Waals surface area contributed by atoms with Gasteiger partial charge in [-0.05, 0) is 62.1 Å². The molecule has 1 N–H and O–H groups in total. The molecule has 0 aliphatic carbocycles. The molecule has 0 bridgehead atoms. The number of nitrogens with zero attached hydrogens (tertiary/aromatic N) is 1. The molecule has 0 saturated carbocycles. The molecule has 2 aromatic rings. The van der Waals surface area contributed by atoms with Gasteiger partial charge >= 0.3 is 12.2 Å². The minimum absolute atomic E-state index is 0.194. The van der Waals surface area contributed by atoms with E-state index in [4.69, 9.17) is 11.6 Å². The van der Waals surface area contributed by atoms with Gasteiger partial charge < -0.3 is 10.2 Å². The van der Waals surface area contributed by atoms with Gasteiger partial charge in [-0.15, -0.1) is 0 Å². The molecule has 150 valence electrons. The van der Waals surface area contributed by atoms with E-state index in [1.54, 1.807) is 29.2 Å². The average molecular weight is 415 g/mol. The lowest BCUT2D eigenvalue weighted by Crippen LogP contribution is -2.48. The van der Waals surface area contributed by atoms with Crippen LogP contribution >= 0.6 is 11.6 Å². The molecule has 3 nitrogen and oxygen atoms in total.